The average Bonchev–Trinajstić information content (AvgIpc) is 2.87. The molecule has 8 atom stereocenters. The van der Waals surface area contributed by atoms with Gasteiger partial charge in [0.15, 0.2) is 11.6 Å². The second kappa shape index (κ2) is 5.85. The van der Waals surface area contributed by atoms with Gasteiger partial charge in [-0.25, -0.2) is 0 Å². The molecule has 3 N–H and O–H groups in total. The summed E-state index contributed by atoms with van der Waals surface area (Å²) in [7, 11) is 0. The number of carbonyl (C=O) groups is 2. The predicted octanol–water partition coefficient (Wildman–Crippen LogP) is 1.80. The molecule has 0 unspecified atom stereocenters. The van der Waals surface area contributed by atoms with E-state index >= 15 is 0 Å². The third-order valence-electron chi connectivity index (χ3n) is 8.57. The summed E-state index contributed by atoms with van der Waals surface area (Å²) in [5, 5.41) is 31.9. The molecule has 0 heterocycles. The molecule has 3 fully saturated rings. The molecule has 0 aromatic carbocycles. The van der Waals surface area contributed by atoms with Gasteiger partial charge in [-0.05, 0) is 55.6 Å². The largest absolute Gasteiger partial charge is 0.393 e. The fourth-order valence-corrected chi connectivity index (χ4v) is 7.34. The van der Waals surface area contributed by atoms with Crippen LogP contribution in [-0.2, 0) is 9.59 Å². The molecule has 5 heteroatoms. The van der Waals surface area contributed by atoms with Crippen molar-refractivity contribution in [2.45, 2.75) is 58.2 Å². The molecule has 0 spiro atoms. The van der Waals surface area contributed by atoms with Crippen molar-refractivity contribution >= 4 is 11.6 Å². The van der Waals surface area contributed by atoms with Crippen molar-refractivity contribution in [2.24, 2.45) is 34.5 Å². The van der Waals surface area contributed by atoms with E-state index in [0.29, 0.717) is 12.8 Å². The molecule has 0 radical (unpaired) electrons. The fraction of sp³-hybridized carbons (Fsp3) is 0.727. The lowest BCUT2D eigenvalue weighted by molar-refractivity contribution is -0.180. The summed E-state index contributed by atoms with van der Waals surface area (Å²) < 4.78 is 0. The number of fused-ring (bicyclic) bond motifs is 5. The third kappa shape index (κ3) is 2.28. The molecular formula is C22H30O5. The minimum Gasteiger partial charge on any atom is -0.393 e. The van der Waals surface area contributed by atoms with Gasteiger partial charge in [-0.2, -0.15) is 0 Å². The van der Waals surface area contributed by atoms with Crippen molar-refractivity contribution in [1.82, 2.24) is 0 Å². The first-order valence-corrected chi connectivity index (χ1v) is 10.1. The molecule has 4 rings (SSSR count). The van der Waals surface area contributed by atoms with Crippen LogP contribution in [-0.4, -0.2) is 45.2 Å². The van der Waals surface area contributed by atoms with Crippen molar-refractivity contribution in [1.29, 1.82) is 0 Å². The average molecular weight is 374 g/mol. The quantitative estimate of drug-likeness (QED) is 0.685. The Kier molecular flexibility index (Phi) is 4.12. The molecule has 0 aliphatic heterocycles. The molecule has 5 nitrogen and oxygen atoms in total. The molecule has 4 aliphatic rings. The lowest BCUT2D eigenvalue weighted by atomic mass is 9.45. The second-order valence-electron chi connectivity index (χ2n) is 9.72. The van der Waals surface area contributed by atoms with Gasteiger partial charge < -0.3 is 15.3 Å². The van der Waals surface area contributed by atoms with Crippen molar-refractivity contribution < 1.29 is 24.9 Å². The maximum atomic E-state index is 12.4. The van der Waals surface area contributed by atoms with Gasteiger partial charge in [0.05, 0.1) is 6.10 Å². The van der Waals surface area contributed by atoms with Gasteiger partial charge in [0.2, 0.25) is 0 Å². The van der Waals surface area contributed by atoms with Crippen LogP contribution < -0.4 is 0 Å². The molecule has 0 aromatic heterocycles. The van der Waals surface area contributed by atoms with Gasteiger partial charge in [-0.15, -0.1) is 0 Å². The van der Waals surface area contributed by atoms with Gasteiger partial charge in [-0.1, -0.05) is 32.4 Å². The summed E-state index contributed by atoms with van der Waals surface area (Å²) in [6, 6.07) is 0. The molecule has 4 aliphatic carbocycles. The van der Waals surface area contributed by atoms with Crippen LogP contribution in [0.2, 0.25) is 0 Å². The number of hydrogen-bond donors (Lipinski definition) is 3. The van der Waals surface area contributed by atoms with Crippen LogP contribution in [0, 0.1) is 34.5 Å². The van der Waals surface area contributed by atoms with Gasteiger partial charge in [0, 0.05) is 16.7 Å². The Morgan fingerprint density at radius 3 is 2.70 bits per heavy atom. The standard InChI is InChI=1S/C22H30O5/c1-12-8-14-15-5-7-22(27,18(26)11-23)21(15,3)10-17(25)19(14)20(2)6-4-13(24)9-16(12)20/h4,6,9,12,14-15,17,19,23,25,27H,5,7-8,10-11H2,1-3H3/t12-,14-,15+,17+,19+,20-,21+,22-/m0/s1. The monoisotopic (exact) mass is 374 g/mol. The molecule has 0 bridgehead atoms. The smallest absolute Gasteiger partial charge is 0.190 e. The minimum atomic E-state index is -1.57. The van der Waals surface area contributed by atoms with Crippen LogP contribution in [0.4, 0.5) is 0 Å². The fourth-order valence-electron chi connectivity index (χ4n) is 7.34. The summed E-state index contributed by atoms with van der Waals surface area (Å²) in [6.07, 6.45) is 6.87. The summed E-state index contributed by atoms with van der Waals surface area (Å²) in [6.45, 7) is 5.48. The molecule has 0 amide bonds. The first kappa shape index (κ1) is 19.0. The van der Waals surface area contributed by atoms with E-state index in [4.69, 9.17) is 0 Å². The summed E-state index contributed by atoms with van der Waals surface area (Å²) in [5.74, 6) is -0.0768. The summed E-state index contributed by atoms with van der Waals surface area (Å²) in [5.41, 5.74) is -1.59. The third-order valence-corrected chi connectivity index (χ3v) is 8.57. The highest BCUT2D eigenvalue weighted by Gasteiger charge is 2.68. The maximum absolute atomic E-state index is 12.4. The second-order valence-corrected chi connectivity index (χ2v) is 9.72. The number of allylic oxidation sites excluding steroid dienone is 4. The minimum absolute atomic E-state index is 0.00620. The van der Waals surface area contributed by atoms with Gasteiger partial charge in [0.25, 0.3) is 0 Å². The molecule has 3 saturated carbocycles. The highest BCUT2D eigenvalue weighted by molar-refractivity contribution is 6.01. The predicted molar refractivity (Wildman–Crippen MR) is 99.6 cm³/mol. The van der Waals surface area contributed by atoms with E-state index < -0.39 is 29.5 Å². The molecule has 0 aromatic rings. The van der Waals surface area contributed by atoms with E-state index in [-0.39, 0.29) is 34.9 Å². The first-order valence-electron chi connectivity index (χ1n) is 10.1. The Hall–Kier alpha value is -1.30. The van der Waals surface area contributed by atoms with Crippen molar-refractivity contribution in [3.8, 4) is 0 Å². The number of hydrogen-bond acceptors (Lipinski definition) is 5. The number of aliphatic hydroxyl groups excluding tert-OH is 2. The number of ketones is 2. The van der Waals surface area contributed by atoms with Crippen molar-refractivity contribution in [3.05, 3.63) is 23.8 Å². The topological polar surface area (TPSA) is 94.8 Å². The Bertz CT molecular complexity index is 754. The summed E-state index contributed by atoms with van der Waals surface area (Å²) in [4.78, 5) is 24.4. The van der Waals surface area contributed by atoms with Crippen LogP contribution in [0.25, 0.3) is 0 Å². The SMILES string of the molecule is C[C@H]1C[C@@H]2[C@H]([C@H](O)C[C@]3(C)[C@@H]2CC[C@]3(O)C(=O)CO)[C@@]2(C)C=CC(=O)C=C12. The van der Waals surface area contributed by atoms with Gasteiger partial charge in [0.1, 0.15) is 12.2 Å². The van der Waals surface area contributed by atoms with Crippen LogP contribution in [0.15, 0.2) is 23.8 Å². The number of aliphatic hydroxyl groups is 3. The van der Waals surface area contributed by atoms with Crippen molar-refractivity contribution in [3.63, 3.8) is 0 Å². The first-order chi connectivity index (χ1) is 12.6. The Morgan fingerprint density at radius 1 is 1.33 bits per heavy atom. The maximum Gasteiger partial charge on any atom is 0.190 e. The van der Waals surface area contributed by atoms with Crippen LogP contribution in [0.3, 0.4) is 0 Å². The van der Waals surface area contributed by atoms with Crippen LogP contribution >= 0.6 is 0 Å². The molecule has 148 valence electrons. The zero-order valence-electron chi connectivity index (χ0n) is 16.3. The van der Waals surface area contributed by atoms with Gasteiger partial charge in [-0.3, -0.25) is 9.59 Å². The van der Waals surface area contributed by atoms with Crippen LogP contribution in [0.1, 0.15) is 46.5 Å². The van der Waals surface area contributed by atoms with E-state index in [2.05, 4.69) is 13.8 Å². The Labute approximate surface area is 160 Å². The van der Waals surface area contributed by atoms with E-state index in [0.717, 1.165) is 18.4 Å². The zero-order valence-corrected chi connectivity index (χ0v) is 16.3. The van der Waals surface area contributed by atoms with E-state index in [9.17, 15) is 24.9 Å². The van der Waals surface area contributed by atoms with Crippen molar-refractivity contribution in [2.75, 3.05) is 6.61 Å². The normalized spacial score (nSPS) is 51.3. The number of Topliss-reactive ketones (excluding diaryl/α,β-unsaturated/α-hetero) is 1. The lowest BCUT2D eigenvalue weighted by Crippen LogP contribution is -2.62. The molecular weight excluding hydrogens is 344 g/mol. The molecule has 27 heavy (non-hydrogen) atoms. The summed E-state index contributed by atoms with van der Waals surface area (Å²) >= 11 is 0. The van der Waals surface area contributed by atoms with E-state index in [1.165, 1.54) is 0 Å². The Morgan fingerprint density at radius 2 is 2.04 bits per heavy atom. The van der Waals surface area contributed by atoms with Gasteiger partial charge >= 0.3 is 0 Å². The van der Waals surface area contributed by atoms with E-state index in [1.54, 1.807) is 12.2 Å². The highest BCUT2D eigenvalue weighted by atomic mass is 16.3. The Balaban J connectivity index is 1.78. The molecule has 0 saturated heterocycles. The zero-order chi connectivity index (χ0) is 19.8. The highest BCUT2D eigenvalue weighted by Crippen LogP contribution is 2.67. The van der Waals surface area contributed by atoms with Crippen LogP contribution in [0.5, 0.6) is 0 Å². The lowest BCUT2D eigenvalue weighted by Gasteiger charge is -2.60. The number of carbonyl (C=O) groups excluding carboxylic acids is 2. The van der Waals surface area contributed by atoms with E-state index in [1.807, 2.05) is 13.0 Å². The number of rotatable bonds is 2.